The van der Waals surface area contributed by atoms with Gasteiger partial charge in [-0.15, -0.1) is 11.3 Å². The number of thiazole rings is 1. The minimum Gasteiger partial charge on any atom is -0.305 e. The maximum absolute atomic E-state index is 13.5. The number of rotatable bonds is 2. The molecule has 0 saturated heterocycles. The summed E-state index contributed by atoms with van der Waals surface area (Å²) in [5, 5.41) is 0.778. The summed E-state index contributed by atoms with van der Waals surface area (Å²) in [6.45, 7) is 2.09. The first-order valence-electron chi connectivity index (χ1n) is 8.95. The van der Waals surface area contributed by atoms with Crippen LogP contribution in [-0.4, -0.2) is 21.9 Å². The lowest BCUT2D eigenvalue weighted by Gasteiger charge is -2.23. The number of hydrogen-bond donors (Lipinski definition) is 0. The molecule has 132 valence electrons. The first-order valence-corrected chi connectivity index (χ1v) is 9.76. The fourth-order valence-electron chi connectivity index (χ4n) is 3.73. The first kappa shape index (κ1) is 16.1. The highest BCUT2D eigenvalue weighted by molar-refractivity contribution is 7.21. The van der Waals surface area contributed by atoms with Crippen molar-refractivity contribution in [3.63, 3.8) is 0 Å². The van der Waals surface area contributed by atoms with Gasteiger partial charge in [0.05, 0.1) is 15.8 Å². The lowest BCUT2D eigenvalue weighted by molar-refractivity contribution is 0.0982. The Morgan fingerprint density at radius 3 is 2.78 bits per heavy atom. The third kappa shape index (κ3) is 2.62. The Hall–Kier alpha value is -3.05. The molecule has 0 bridgehead atoms. The third-order valence-electron chi connectivity index (χ3n) is 4.96. The van der Waals surface area contributed by atoms with E-state index in [0.717, 1.165) is 27.3 Å². The van der Waals surface area contributed by atoms with Gasteiger partial charge >= 0.3 is 0 Å². The van der Waals surface area contributed by atoms with Crippen molar-refractivity contribution in [3.05, 3.63) is 78.0 Å². The van der Waals surface area contributed by atoms with Crippen LogP contribution >= 0.6 is 11.3 Å². The van der Waals surface area contributed by atoms with Crippen LogP contribution in [0.4, 0.5) is 5.69 Å². The number of nitrogens with zero attached hydrogens (tertiary/aromatic N) is 3. The van der Waals surface area contributed by atoms with Crippen molar-refractivity contribution < 1.29 is 4.79 Å². The highest BCUT2D eigenvalue weighted by Gasteiger charge is 2.32. The van der Waals surface area contributed by atoms with Crippen LogP contribution in [0.15, 0.2) is 66.9 Å². The second kappa shape index (κ2) is 6.28. The molecule has 3 heterocycles. The standard InChI is InChI=1S/C22H17N3OS/c1-14-13-15-7-2-4-10-18(15)25(14)22(26)16-8-6-12-23-20(16)21-24-17-9-3-5-11-19(17)27-21/h2-12,14H,13H2,1H3/t14-/m0/s1. The largest absolute Gasteiger partial charge is 0.305 e. The van der Waals surface area contributed by atoms with Crippen molar-refractivity contribution in [2.75, 3.05) is 4.90 Å². The van der Waals surface area contributed by atoms with E-state index in [9.17, 15) is 4.79 Å². The minimum atomic E-state index is -0.0187. The van der Waals surface area contributed by atoms with Gasteiger partial charge in [0.15, 0.2) is 0 Å². The first-order chi connectivity index (χ1) is 13.2. The molecule has 0 saturated carbocycles. The SMILES string of the molecule is C[C@H]1Cc2ccccc2N1C(=O)c1cccnc1-c1nc2ccccc2s1. The topological polar surface area (TPSA) is 46.1 Å². The van der Waals surface area contributed by atoms with Gasteiger partial charge in [0.2, 0.25) is 0 Å². The van der Waals surface area contributed by atoms with E-state index in [1.807, 2.05) is 59.5 Å². The summed E-state index contributed by atoms with van der Waals surface area (Å²) in [4.78, 5) is 24.6. The van der Waals surface area contributed by atoms with Gasteiger partial charge in [0.25, 0.3) is 5.91 Å². The molecule has 0 aliphatic carbocycles. The van der Waals surface area contributed by atoms with Crippen molar-refractivity contribution in [2.45, 2.75) is 19.4 Å². The van der Waals surface area contributed by atoms with Crippen LogP contribution < -0.4 is 4.90 Å². The van der Waals surface area contributed by atoms with Crippen molar-refractivity contribution in [1.29, 1.82) is 0 Å². The van der Waals surface area contributed by atoms with Crippen molar-refractivity contribution in [1.82, 2.24) is 9.97 Å². The van der Waals surface area contributed by atoms with E-state index in [4.69, 9.17) is 4.98 Å². The molecule has 2 aromatic heterocycles. The monoisotopic (exact) mass is 371 g/mol. The number of anilines is 1. The van der Waals surface area contributed by atoms with Crippen molar-refractivity contribution >= 4 is 33.1 Å². The summed E-state index contributed by atoms with van der Waals surface area (Å²) < 4.78 is 1.09. The van der Waals surface area contributed by atoms with Crippen LogP contribution in [0.3, 0.4) is 0 Å². The van der Waals surface area contributed by atoms with Crippen LogP contribution in [0.2, 0.25) is 0 Å². The third-order valence-corrected chi connectivity index (χ3v) is 6.00. The molecule has 1 aliphatic rings. The highest BCUT2D eigenvalue weighted by Crippen LogP contribution is 2.36. The van der Waals surface area contributed by atoms with Crippen LogP contribution in [0.5, 0.6) is 0 Å². The van der Waals surface area contributed by atoms with E-state index in [1.54, 1.807) is 17.5 Å². The van der Waals surface area contributed by atoms with Crippen LogP contribution in [0, 0.1) is 0 Å². The van der Waals surface area contributed by atoms with Gasteiger partial charge in [0, 0.05) is 17.9 Å². The van der Waals surface area contributed by atoms with E-state index in [0.29, 0.717) is 11.3 Å². The van der Waals surface area contributed by atoms with Crippen LogP contribution in [0.25, 0.3) is 20.9 Å². The number of carbonyl (C=O) groups excluding carboxylic acids is 1. The molecule has 4 nitrogen and oxygen atoms in total. The van der Waals surface area contributed by atoms with E-state index in [2.05, 4.69) is 18.0 Å². The average Bonchev–Trinajstić information content (AvgIpc) is 3.27. The number of aromatic nitrogens is 2. The van der Waals surface area contributed by atoms with E-state index in [1.165, 1.54) is 5.56 Å². The van der Waals surface area contributed by atoms with Crippen molar-refractivity contribution in [3.8, 4) is 10.7 Å². The molecule has 4 aromatic rings. The van der Waals surface area contributed by atoms with E-state index >= 15 is 0 Å². The summed E-state index contributed by atoms with van der Waals surface area (Å²) in [5.41, 5.74) is 4.39. The molecule has 27 heavy (non-hydrogen) atoms. The van der Waals surface area contributed by atoms with Crippen molar-refractivity contribution in [2.24, 2.45) is 0 Å². The van der Waals surface area contributed by atoms with Crippen LogP contribution in [0.1, 0.15) is 22.8 Å². The number of para-hydroxylation sites is 2. The quantitative estimate of drug-likeness (QED) is 0.501. The molecule has 1 atom stereocenters. The van der Waals surface area contributed by atoms with Gasteiger partial charge in [-0.3, -0.25) is 9.78 Å². The Kier molecular flexibility index (Phi) is 3.76. The Morgan fingerprint density at radius 2 is 1.89 bits per heavy atom. The zero-order chi connectivity index (χ0) is 18.4. The molecule has 5 heteroatoms. The predicted octanol–water partition coefficient (Wildman–Crippen LogP) is 4.95. The molecular formula is C22H17N3OS. The zero-order valence-corrected chi connectivity index (χ0v) is 15.6. The lowest BCUT2D eigenvalue weighted by atomic mass is 10.1. The Labute approximate surface area is 161 Å². The number of amides is 1. The van der Waals surface area contributed by atoms with E-state index in [-0.39, 0.29) is 11.9 Å². The molecule has 1 amide bonds. The second-order valence-electron chi connectivity index (χ2n) is 6.74. The maximum Gasteiger partial charge on any atom is 0.260 e. The predicted molar refractivity (Wildman–Crippen MR) is 109 cm³/mol. The normalized spacial score (nSPS) is 15.9. The number of benzene rings is 2. The Bertz CT molecular complexity index is 1130. The van der Waals surface area contributed by atoms with Gasteiger partial charge in [-0.2, -0.15) is 0 Å². The summed E-state index contributed by atoms with van der Waals surface area (Å²) in [7, 11) is 0. The Balaban J connectivity index is 1.61. The minimum absolute atomic E-state index is 0.0187. The summed E-state index contributed by atoms with van der Waals surface area (Å²) in [6.07, 6.45) is 2.60. The van der Waals surface area contributed by atoms with E-state index < -0.39 is 0 Å². The summed E-state index contributed by atoms with van der Waals surface area (Å²) >= 11 is 1.57. The van der Waals surface area contributed by atoms with Gasteiger partial charge in [0.1, 0.15) is 10.7 Å². The molecular weight excluding hydrogens is 354 g/mol. The maximum atomic E-state index is 13.5. The summed E-state index contributed by atoms with van der Waals surface area (Å²) in [5.74, 6) is -0.0187. The molecule has 5 rings (SSSR count). The molecule has 0 unspecified atom stereocenters. The number of fused-ring (bicyclic) bond motifs is 2. The highest BCUT2D eigenvalue weighted by atomic mass is 32.1. The van der Waals surface area contributed by atoms with Gasteiger partial charge < -0.3 is 4.90 Å². The molecule has 0 N–H and O–H groups in total. The van der Waals surface area contributed by atoms with Gasteiger partial charge in [-0.25, -0.2) is 4.98 Å². The van der Waals surface area contributed by atoms with Crippen LogP contribution in [-0.2, 0) is 6.42 Å². The molecule has 1 aliphatic heterocycles. The molecule has 2 aromatic carbocycles. The molecule has 0 radical (unpaired) electrons. The average molecular weight is 371 g/mol. The fourth-order valence-corrected chi connectivity index (χ4v) is 4.70. The molecule has 0 fully saturated rings. The second-order valence-corrected chi connectivity index (χ2v) is 7.77. The lowest BCUT2D eigenvalue weighted by Crippen LogP contribution is -2.36. The Morgan fingerprint density at radius 1 is 1.07 bits per heavy atom. The van der Waals surface area contributed by atoms with Gasteiger partial charge in [-0.05, 0) is 49.2 Å². The van der Waals surface area contributed by atoms with Gasteiger partial charge in [-0.1, -0.05) is 30.3 Å². The summed E-state index contributed by atoms with van der Waals surface area (Å²) in [6, 6.07) is 19.9. The molecule has 0 spiro atoms. The smallest absolute Gasteiger partial charge is 0.260 e. The fraction of sp³-hybridized carbons (Fsp3) is 0.136. The zero-order valence-electron chi connectivity index (χ0n) is 14.8. The number of hydrogen-bond acceptors (Lipinski definition) is 4. The number of carbonyl (C=O) groups is 1. The number of pyridine rings is 1.